The smallest absolute Gasteiger partial charge is 0.100 e. The average Bonchev–Trinajstić information content (AvgIpc) is 3.72. The second-order valence-corrected chi connectivity index (χ2v) is 15.1. The molecule has 2 aliphatic rings. The van der Waals surface area contributed by atoms with E-state index in [1.165, 1.54) is 98.7 Å². The monoisotopic (exact) mass is 657 g/mol. The van der Waals surface area contributed by atoms with E-state index in [9.17, 15) is 0 Å². The van der Waals surface area contributed by atoms with Crippen LogP contribution in [0.15, 0.2) is 127 Å². The van der Waals surface area contributed by atoms with Crippen molar-refractivity contribution in [3.8, 4) is 11.1 Å². The number of unbranched alkanes of at least 4 members (excludes halogenated alkanes) is 3. The molecule has 2 heteroatoms. The molecule has 0 aliphatic heterocycles. The lowest BCUT2D eigenvalue weighted by molar-refractivity contribution is 0.510. The molecule has 0 spiro atoms. The van der Waals surface area contributed by atoms with Gasteiger partial charge in [-0.15, -0.1) is 11.3 Å². The molecule has 0 saturated heterocycles. The van der Waals surface area contributed by atoms with Crippen molar-refractivity contribution < 1.29 is 0 Å². The summed E-state index contributed by atoms with van der Waals surface area (Å²) in [6.45, 7) is 4.54. The Labute approximate surface area is 297 Å². The number of fused-ring (bicyclic) bond motifs is 4. The highest BCUT2D eigenvalue weighted by atomic mass is 32.1. The zero-order valence-electron chi connectivity index (χ0n) is 29.1. The van der Waals surface area contributed by atoms with Crippen molar-refractivity contribution in [3.63, 3.8) is 0 Å². The fourth-order valence-electron chi connectivity index (χ4n) is 8.56. The molecule has 0 radical (unpaired) electrons. The molecule has 0 amide bonds. The zero-order chi connectivity index (χ0) is 33.2. The van der Waals surface area contributed by atoms with Gasteiger partial charge in [0.05, 0.1) is 0 Å². The third-order valence-corrected chi connectivity index (χ3v) is 12.4. The SMILES string of the molecule is CCc1ccc(N(c2ccccc2)c2ccc(CC)c(CCCCCCC3(c4ccc5c(c4)CC5)c4ccccc4-c4ccccc43)c2)s1. The van der Waals surface area contributed by atoms with Crippen molar-refractivity contribution in [1.29, 1.82) is 0 Å². The van der Waals surface area contributed by atoms with Gasteiger partial charge in [0.1, 0.15) is 5.00 Å². The van der Waals surface area contributed by atoms with Gasteiger partial charge in [0.15, 0.2) is 0 Å². The number of rotatable bonds is 13. The molecular formula is C47H47NS. The summed E-state index contributed by atoms with van der Waals surface area (Å²) in [7, 11) is 0. The molecule has 49 heavy (non-hydrogen) atoms. The van der Waals surface area contributed by atoms with E-state index in [1.54, 1.807) is 11.1 Å². The van der Waals surface area contributed by atoms with Gasteiger partial charge in [0.25, 0.3) is 0 Å². The standard InChI is InChI=1S/C47H47NS/c1-3-34-26-28-40(48(39-17-9-7-10-18-39)46-30-29-41(4-2)49-46)33-36(34)16-8-5-6-15-31-47(38-27-25-35-23-24-37(35)32-38)44-21-13-11-19-42(44)43-20-12-14-22-45(43)47/h7,9-14,17-22,25-30,32-33H,3-6,8,15-16,23-24,31H2,1-2H3. The van der Waals surface area contributed by atoms with Crippen LogP contribution in [0.3, 0.4) is 0 Å². The maximum Gasteiger partial charge on any atom is 0.100 e. The Hall–Kier alpha value is -4.40. The normalized spacial score (nSPS) is 13.8. The summed E-state index contributed by atoms with van der Waals surface area (Å²) in [6, 6.07) is 48.5. The number of hydrogen-bond acceptors (Lipinski definition) is 2. The molecular weight excluding hydrogens is 611 g/mol. The minimum Gasteiger partial charge on any atom is -0.302 e. The number of aryl methyl sites for hydroxylation is 5. The fourth-order valence-corrected chi connectivity index (χ4v) is 9.54. The first kappa shape index (κ1) is 31.8. The van der Waals surface area contributed by atoms with Gasteiger partial charge in [-0.3, -0.25) is 0 Å². The van der Waals surface area contributed by atoms with Gasteiger partial charge >= 0.3 is 0 Å². The number of benzene rings is 5. The largest absolute Gasteiger partial charge is 0.302 e. The molecule has 0 unspecified atom stereocenters. The van der Waals surface area contributed by atoms with E-state index in [-0.39, 0.29) is 5.41 Å². The highest BCUT2D eigenvalue weighted by Crippen LogP contribution is 2.55. The molecule has 0 saturated carbocycles. The van der Waals surface area contributed by atoms with Crippen LogP contribution in [0.5, 0.6) is 0 Å². The molecule has 246 valence electrons. The van der Waals surface area contributed by atoms with Crippen LogP contribution in [0.2, 0.25) is 0 Å². The van der Waals surface area contributed by atoms with Crippen LogP contribution in [0.1, 0.15) is 89.8 Å². The number of para-hydroxylation sites is 1. The quantitative estimate of drug-likeness (QED) is 0.112. The second kappa shape index (κ2) is 13.8. The fraction of sp³-hybridized carbons (Fsp3) is 0.277. The molecule has 0 fully saturated rings. The third-order valence-electron chi connectivity index (χ3n) is 11.2. The van der Waals surface area contributed by atoms with Crippen LogP contribution in [0.25, 0.3) is 11.1 Å². The molecule has 0 atom stereocenters. The van der Waals surface area contributed by atoms with Crippen molar-refractivity contribution in [3.05, 3.63) is 171 Å². The van der Waals surface area contributed by atoms with Gasteiger partial charge in [-0.05, 0) is 131 Å². The van der Waals surface area contributed by atoms with Crippen LogP contribution in [-0.2, 0) is 37.5 Å². The van der Waals surface area contributed by atoms with Gasteiger partial charge in [-0.1, -0.05) is 124 Å². The van der Waals surface area contributed by atoms with Gasteiger partial charge in [0.2, 0.25) is 0 Å². The first-order chi connectivity index (χ1) is 24.2. The average molecular weight is 658 g/mol. The number of thiophene rings is 1. The topological polar surface area (TPSA) is 3.24 Å². The number of nitrogens with zero attached hydrogens (tertiary/aromatic N) is 1. The minimum atomic E-state index is -0.0676. The summed E-state index contributed by atoms with van der Waals surface area (Å²) in [5, 5.41) is 1.29. The molecule has 1 nitrogen and oxygen atoms in total. The molecule has 5 aromatic carbocycles. The van der Waals surface area contributed by atoms with Gasteiger partial charge in [-0.2, -0.15) is 0 Å². The van der Waals surface area contributed by atoms with E-state index >= 15 is 0 Å². The first-order valence-corrected chi connectivity index (χ1v) is 19.4. The molecule has 8 rings (SSSR count). The summed E-state index contributed by atoms with van der Waals surface area (Å²) in [5.41, 5.74) is 15.8. The molecule has 2 aliphatic carbocycles. The lowest BCUT2D eigenvalue weighted by Gasteiger charge is -2.35. The summed E-state index contributed by atoms with van der Waals surface area (Å²) in [6.07, 6.45) is 11.8. The lowest BCUT2D eigenvalue weighted by atomic mass is 9.68. The summed E-state index contributed by atoms with van der Waals surface area (Å²) in [5.74, 6) is 0. The maximum absolute atomic E-state index is 2.55. The van der Waals surface area contributed by atoms with E-state index in [2.05, 4.69) is 146 Å². The predicted octanol–water partition coefficient (Wildman–Crippen LogP) is 12.9. The van der Waals surface area contributed by atoms with Crippen LogP contribution in [0, 0.1) is 0 Å². The van der Waals surface area contributed by atoms with E-state index in [0.29, 0.717) is 0 Å². The van der Waals surface area contributed by atoms with Gasteiger partial charge < -0.3 is 4.90 Å². The first-order valence-electron chi connectivity index (χ1n) is 18.6. The minimum absolute atomic E-state index is 0.0676. The predicted molar refractivity (Wildman–Crippen MR) is 210 cm³/mol. The Morgan fingerprint density at radius 3 is 1.96 bits per heavy atom. The summed E-state index contributed by atoms with van der Waals surface area (Å²) in [4.78, 5) is 3.87. The summed E-state index contributed by atoms with van der Waals surface area (Å²) < 4.78 is 0. The van der Waals surface area contributed by atoms with E-state index in [1.807, 2.05) is 11.3 Å². The Balaban J connectivity index is 1.00. The highest BCUT2D eigenvalue weighted by Gasteiger charge is 2.44. The summed E-state index contributed by atoms with van der Waals surface area (Å²) >= 11 is 1.90. The third kappa shape index (κ3) is 5.85. The highest BCUT2D eigenvalue weighted by molar-refractivity contribution is 7.16. The van der Waals surface area contributed by atoms with Crippen molar-refractivity contribution in [2.24, 2.45) is 0 Å². The van der Waals surface area contributed by atoms with E-state index < -0.39 is 0 Å². The molecule has 1 heterocycles. The molecule has 0 N–H and O–H groups in total. The van der Waals surface area contributed by atoms with Gasteiger partial charge in [-0.25, -0.2) is 0 Å². The van der Waals surface area contributed by atoms with Crippen molar-refractivity contribution in [2.75, 3.05) is 4.90 Å². The van der Waals surface area contributed by atoms with E-state index in [4.69, 9.17) is 0 Å². The molecule has 6 aromatic rings. The Kier molecular flexibility index (Phi) is 9.00. The van der Waals surface area contributed by atoms with Crippen molar-refractivity contribution in [1.82, 2.24) is 0 Å². The van der Waals surface area contributed by atoms with E-state index in [0.717, 1.165) is 25.7 Å². The second-order valence-electron chi connectivity index (χ2n) is 14.0. The number of hydrogen-bond donors (Lipinski definition) is 0. The Bertz CT molecular complexity index is 2020. The van der Waals surface area contributed by atoms with Crippen LogP contribution < -0.4 is 4.90 Å². The van der Waals surface area contributed by atoms with Crippen molar-refractivity contribution >= 4 is 27.7 Å². The Morgan fingerprint density at radius 2 is 1.29 bits per heavy atom. The zero-order valence-corrected chi connectivity index (χ0v) is 29.9. The maximum atomic E-state index is 2.55. The Morgan fingerprint density at radius 1 is 0.571 bits per heavy atom. The number of anilines is 3. The molecule has 0 bridgehead atoms. The van der Waals surface area contributed by atoms with Gasteiger partial charge in [0, 0.05) is 21.7 Å². The van der Waals surface area contributed by atoms with Crippen LogP contribution in [0.4, 0.5) is 16.4 Å². The lowest BCUT2D eigenvalue weighted by Crippen LogP contribution is -2.28. The van der Waals surface area contributed by atoms with Crippen LogP contribution >= 0.6 is 11.3 Å². The van der Waals surface area contributed by atoms with Crippen molar-refractivity contribution in [2.45, 2.75) is 83.5 Å². The molecule has 1 aromatic heterocycles. The van der Waals surface area contributed by atoms with Crippen LogP contribution in [-0.4, -0.2) is 0 Å².